The predicted octanol–water partition coefficient (Wildman–Crippen LogP) is 2.89. The van der Waals surface area contributed by atoms with Gasteiger partial charge in [-0.3, -0.25) is 0 Å². The molecule has 1 saturated carbocycles. The van der Waals surface area contributed by atoms with Crippen molar-refractivity contribution in [2.45, 2.75) is 24.8 Å². The smallest absolute Gasteiger partial charge is 0.235 e. The fourth-order valence-corrected chi connectivity index (χ4v) is 3.17. The van der Waals surface area contributed by atoms with E-state index in [-0.39, 0.29) is 11.5 Å². The number of phenolic OH excluding ortho intramolecular Hbond substituents is 1. The second-order valence-corrected chi connectivity index (χ2v) is 5.26. The summed E-state index contributed by atoms with van der Waals surface area (Å²) in [6.45, 7) is 0. The number of nitrogens with zero attached hydrogens (tertiary/aromatic N) is 1. The van der Waals surface area contributed by atoms with E-state index in [0.29, 0.717) is 28.6 Å². The predicted molar refractivity (Wildman–Crippen MR) is 72.6 cm³/mol. The van der Waals surface area contributed by atoms with E-state index in [1.54, 1.807) is 12.1 Å². The summed E-state index contributed by atoms with van der Waals surface area (Å²) < 4.78 is 11.0. The van der Waals surface area contributed by atoms with Gasteiger partial charge in [0.05, 0.1) is 14.2 Å². The minimum Gasteiger partial charge on any atom is -0.504 e. The quantitative estimate of drug-likeness (QED) is 0.682. The van der Waals surface area contributed by atoms with Crippen molar-refractivity contribution in [2.75, 3.05) is 14.2 Å². The van der Waals surface area contributed by atoms with E-state index < -0.39 is 5.54 Å². The Hall–Kier alpha value is -1.52. The fourth-order valence-electron chi connectivity index (χ4n) is 2.40. The molecule has 0 heterocycles. The van der Waals surface area contributed by atoms with Crippen molar-refractivity contribution in [3.05, 3.63) is 16.1 Å². The largest absolute Gasteiger partial charge is 0.504 e. The molecule has 5 nitrogen and oxygen atoms in total. The van der Waals surface area contributed by atoms with Crippen molar-refractivity contribution in [2.24, 2.45) is 4.99 Å². The first-order valence-electron chi connectivity index (χ1n) is 5.82. The van der Waals surface area contributed by atoms with Crippen molar-refractivity contribution in [3.8, 4) is 17.2 Å². The monoisotopic (exact) mass is 327 g/mol. The number of aliphatic imine (C=N–C) groups is 1. The van der Waals surface area contributed by atoms with Gasteiger partial charge in [-0.15, -0.1) is 0 Å². The van der Waals surface area contributed by atoms with Gasteiger partial charge in [-0.1, -0.05) is 15.9 Å². The maximum atomic E-state index is 10.6. The zero-order valence-corrected chi connectivity index (χ0v) is 12.3. The number of carbonyl (C=O) groups excluding carboxylic acids is 1. The lowest BCUT2D eigenvalue weighted by molar-refractivity contribution is 0.241. The van der Waals surface area contributed by atoms with Crippen LogP contribution in [0, 0.1) is 0 Å². The van der Waals surface area contributed by atoms with E-state index in [9.17, 15) is 9.90 Å². The molecule has 1 aliphatic rings. The zero-order valence-electron chi connectivity index (χ0n) is 10.7. The van der Waals surface area contributed by atoms with Crippen LogP contribution < -0.4 is 9.47 Å². The average molecular weight is 328 g/mol. The molecule has 1 aliphatic carbocycles. The summed E-state index contributed by atoms with van der Waals surface area (Å²) in [5.41, 5.74) is -0.149. The third kappa shape index (κ3) is 2.11. The Morgan fingerprint density at radius 3 is 2.53 bits per heavy atom. The van der Waals surface area contributed by atoms with E-state index in [0.717, 1.165) is 6.42 Å². The number of aromatic hydroxyl groups is 1. The first-order valence-corrected chi connectivity index (χ1v) is 6.62. The van der Waals surface area contributed by atoms with E-state index >= 15 is 0 Å². The zero-order chi connectivity index (χ0) is 14.0. The number of isocyanates is 1. The standard InChI is InChI=1S/C13H14BrNO4/c1-18-9-6-8(14)10(11(17)12(9)19-2)13(15-7-16)4-3-5-13/h6,17H,3-5H2,1-2H3. The van der Waals surface area contributed by atoms with Crippen LogP contribution in [0.2, 0.25) is 0 Å². The molecule has 1 fully saturated rings. The molecule has 2 rings (SSSR count). The molecular formula is C13H14BrNO4. The van der Waals surface area contributed by atoms with Gasteiger partial charge in [0.2, 0.25) is 11.8 Å². The molecule has 1 aromatic carbocycles. The van der Waals surface area contributed by atoms with Crippen molar-refractivity contribution in [1.82, 2.24) is 0 Å². The number of ether oxygens (including phenoxy) is 2. The number of halogens is 1. The lowest BCUT2D eigenvalue weighted by Crippen LogP contribution is -2.32. The molecule has 0 bridgehead atoms. The van der Waals surface area contributed by atoms with Gasteiger partial charge in [0.25, 0.3) is 0 Å². The molecule has 0 spiro atoms. The first-order chi connectivity index (χ1) is 9.09. The Kier molecular flexibility index (Phi) is 3.83. The van der Waals surface area contributed by atoms with Crippen LogP contribution >= 0.6 is 15.9 Å². The van der Waals surface area contributed by atoms with Gasteiger partial charge in [-0.25, -0.2) is 4.79 Å². The normalized spacial score (nSPS) is 16.2. The van der Waals surface area contributed by atoms with E-state index in [1.807, 2.05) is 0 Å². The summed E-state index contributed by atoms with van der Waals surface area (Å²) in [4.78, 5) is 14.5. The molecule has 0 atom stereocenters. The molecule has 102 valence electrons. The van der Waals surface area contributed by atoms with Gasteiger partial charge in [0.15, 0.2) is 11.5 Å². The minimum atomic E-state index is -0.704. The number of methoxy groups -OCH3 is 2. The highest BCUT2D eigenvalue weighted by molar-refractivity contribution is 9.10. The lowest BCUT2D eigenvalue weighted by Gasteiger charge is -2.38. The Balaban J connectivity index is 2.67. The molecular weight excluding hydrogens is 314 g/mol. The Morgan fingerprint density at radius 1 is 1.42 bits per heavy atom. The van der Waals surface area contributed by atoms with Crippen molar-refractivity contribution in [3.63, 3.8) is 0 Å². The molecule has 0 saturated heterocycles. The topological polar surface area (TPSA) is 68.1 Å². The lowest BCUT2D eigenvalue weighted by atomic mass is 9.72. The maximum Gasteiger partial charge on any atom is 0.235 e. The van der Waals surface area contributed by atoms with Crippen LogP contribution in [0.1, 0.15) is 24.8 Å². The molecule has 0 radical (unpaired) electrons. The van der Waals surface area contributed by atoms with Gasteiger partial charge >= 0.3 is 0 Å². The van der Waals surface area contributed by atoms with E-state index in [1.165, 1.54) is 14.2 Å². The van der Waals surface area contributed by atoms with Gasteiger partial charge < -0.3 is 14.6 Å². The van der Waals surface area contributed by atoms with E-state index in [2.05, 4.69) is 20.9 Å². The van der Waals surface area contributed by atoms with Crippen molar-refractivity contribution < 1.29 is 19.4 Å². The van der Waals surface area contributed by atoms with Gasteiger partial charge in [0.1, 0.15) is 5.54 Å². The van der Waals surface area contributed by atoms with Crippen LogP contribution in [-0.2, 0) is 10.3 Å². The van der Waals surface area contributed by atoms with Gasteiger partial charge in [0, 0.05) is 10.0 Å². The van der Waals surface area contributed by atoms with Crippen molar-refractivity contribution in [1.29, 1.82) is 0 Å². The van der Waals surface area contributed by atoms with Crippen LogP contribution in [-0.4, -0.2) is 25.4 Å². The molecule has 6 heteroatoms. The molecule has 0 aromatic heterocycles. The molecule has 1 aromatic rings. The number of hydrogen-bond acceptors (Lipinski definition) is 5. The van der Waals surface area contributed by atoms with E-state index in [4.69, 9.17) is 9.47 Å². The highest BCUT2D eigenvalue weighted by Crippen LogP contribution is 2.55. The Morgan fingerprint density at radius 2 is 2.11 bits per heavy atom. The van der Waals surface area contributed by atoms with Crippen LogP contribution in [0.3, 0.4) is 0 Å². The summed E-state index contributed by atoms with van der Waals surface area (Å²) in [5.74, 6) is 0.612. The van der Waals surface area contributed by atoms with Crippen LogP contribution in [0.4, 0.5) is 0 Å². The first kappa shape index (κ1) is 13.9. The second-order valence-electron chi connectivity index (χ2n) is 4.41. The average Bonchev–Trinajstić information content (AvgIpc) is 2.34. The second kappa shape index (κ2) is 5.23. The summed E-state index contributed by atoms with van der Waals surface area (Å²) in [7, 11) is 2.94. The third-order valence-electron chi connectivity index (χ3n) is 3.50. The number of hydrogen-bond donors (Lipinski definition) is 1. The van der Waals surface area contributed by atoms with Gasteiger partial charge in [-0.2, -0.15) is 4.99 Å². The van der Waals surface area contributed by atoms with Crippen molar-refractivity contribution >= 4 is 22.0 Å². The third-order valence-corrected chi connectivity index (χ3v) is 4.13. The highest BCUT2D eigenvalue weighted by Gasteiger charge is 2.43. The highest BCUT2D eigenvalue weighted by atomic mass is 79.9. The van der Waals surface area contributed by atoms with Crippen LogP contribution in [0.15, 0.2) is 15.5 Å². The molecule has 0 amide bonds. The number of benzene rings is 1. The van der Waals surface area contributed by atoms with Crippen LogP contribution in [0.5, 0.6) is 17.2 Å². The molecule has 1 N–H and O–H groups in total. The maximum absolute atomic E-state index is 10.6. The summed E-state index contributed by atoms with van der Waals surface area (Å²) in [6, 6.07) is 1.70. The summed E-state index contributed by atoms with van der Waals surface area (Å²) >= 11 is 3.40. The summed E-state index contributed by atoms with van der Waals surface area (Å²) in [6.07, 6.45) is 3.95. The Labute approximate surface area is 119 Å². The van der Waals surface area contributed by atoms with Crippen LogP contribution in [0.25, 0.3) is 0 Å². The fraction of sp³-hybridized carbons (Fsp3) is 0.462. The molecule has 0 unspecified atom stereocenters. The molecule has 0 aliphatic heterocycles. The number of phenols is 1. The van der Waals surface area contributed by atoms with Gasteiger partial charge in [-0.05, 0) is 25.3 Å². The SMILES string of the molecule is COc1cc(Br)c(C2(N=C=O)CCC2)c(O)c1OC. The molecule has 19 heavy (non-hydrogen) atoms. The Bertz CT molecular complexity index is 548. The summed E-state index contributed by atoms with van der Waals surface area (Å²) in [5, 5.41) is 10.4. The number of rotatable bonds is 4. The minimum absolute atomic E-state index is 0.0487.